The molecular weight excluding hydrogens is 488 g/mol. The average Bonchev–Trinajstić information content (AvgIpc) is 3.41. The van der Waals surface area contributed by atoms with E-state index in [1.165, 1.54) is 0 Å². The maximum absolute atomic E-state index is 13.5. The number of carbonyl (C=O) groups is 2. The Kier molecular flexibility index (Phi) is 7.73. The zero-order valence-corrected chi connectivity index (χ0v) is 22.7. The second-order valence-corrected chi connectivity index (χ2v) is 10.8. The zero-order valence-electron chi connectivity index (χ0n) is 21.9. The smallest absolute Gasteiger partial charge is 0.407 e. The fraction of sp³-hybridized carbons (Fsp3) is 0.345. The van der Waals surface area contributed by atoms with Gasteiger partial charge >= 0.3 is 6.09 Å². The van der Waals surface area contributed by atoms with Gasteiger partial charge in [-0.25, -0.2) is 9.48 Å². The van der Waals surface area contributed by atoms with Crippen molar-refractivity contribution in [3.63, 3.8) is 0 Å². The summed E-state index contributed by atoms with van der Waals surface area (Å²) in [6.45, 7) is 10.2. The number of carbonyl (C=O) groups excluding carboxylic acids is 2. The highest BCUT2D eigenvalue weighted by molar-refractivity contribution is 6.30. The van der Waals surface area contributed by atoms with Crippen LogP contribution in [0.25, 0.3) is 17.8 Å². The van der Waals surface area contributed by atoms with Crippen molar-refractivity contribution in [3.05, 3.63) is 81.6 Å². The molecular formula is C29H33ClN4O3. The third-order valence-corrected chi connectivity index (χ3v) is 6.41. The Morgan fingerprint density at radius 2 is 1.78 bits per heavy atom. The Bertz CT molecular complexity index is 1320. The summed E-state index contributed by atoms with van der Waals surface area (Å²) in [7, 11) is 0. The lowest BCUT2D eigenvalue weighted by molar-refractivity contribution is 0.0502. The van der Waals surface area contributed by atoms with Crippen LogP contribution in [0.3, 0.4) is 0 Å². The number of nitrogens with one attached hydrogen (secondary N) is 1. The van der Waals surface area contributed by atoms with E-state index >= 15 is 0 Å². The van der Waals surface area contributed by atoms with Gasteiger partial charge in [0.25, 0.3) is 5.91 Å². The van der Waals surface area contributed by atoms with Crippen LogP contribution in [0.4, 0.5) is 4.79 Å². The van der Waals surface area contributed by atoms with Gasteiger partial charge in [-0.3, -0.25) is 4.79 Å². The summed E-state index contributed by atoms with van der Waals surface area (Å²) >= 11 is 5.98. The molecule has 0 spiro atoms. The summed E-state index contributed by atoms with van der Waals surface area (Å²) in [6.07, 6.45) is 4.28. The molecule has 0 aliphatic carbocycles. The van der Waals surface area contributed by atoms with Crippen LogP contribution in [-0.4, -0.2) is 51.4 Å². The molecule has 1 aliphatic heterocycles. The summed E-state index contributed by atoms with van der Waals surface area (Å²) in [5, 5.41) is 8.27. The molecule has 7 nitrogen and oxygen atoms in total. The van der Waals surface area contributed by atoms with E-state index in [-0.39, 0.29) is 11.9 Å². The van der Waals surface area contributed by atoms with Crippen LogP contribution in [0.1, 0.15) is 60.1 Å². The molecule has 1 saturated heterocycles. The highest BCUT2D eigenvalue weighted by atomic mass is 35.5. The van der Waals surface area contributed by atoms with Gasteiger partial charge < -0.3 is 15.0 Å². The van der Waals surface area contributed by atoms with E-state index in [2.05, 4.69) is 5.32 Å². The molecule has 1 N–H and O–H groups in total. The van der Waals surface area contributed by atoms with Gasteiger partial charge in [-0.05, 0) is 76.4 Å². The third-order valence-electron chi connectivity index (χ3n) is 6.15. The molecule has 37 heavy (non-hydrogen) atoms. The molecule has 1 aromatic heterocycles. The zero-order chi connectivity index (χ0) is 26.7. The van der Waals surface area contributed by atoms with Crippen molar-refractivity contribution in [2.24, 2.45) is 0 Å². The lowest BCUT2D eigenvalue weighted by Gasteiger charge is -2.22. The number of hydrogen-bond donors (Lipinski definition) is 1. The molecule has 0 saturated carbocycles. The predicted octanol–water partition coefficient (Wildman–Crippen LogP) is 6.05. The van der Waals surface area contributed by atoms with Crippen LogP contribution in [0.15, 0.2) is 48.5 Å². The van der Waals surface area contributed by atoms with Crippen molar-refractivity contribution < 1.29 is 14.3 Å². The van der Waals surface area contributed by atoms with Gasteiger partial charge in [-0.15, -0.1) is 0 Å². The first kappa shape index (κ1) is 26.5. The van der Waals surface area contributed by atoms with Crippen molar-refractivity contribution in [3.8, 4) is 5.69 Å². The number of nitrogens with zero attached hydrogens (tertiary/aromatic N) is 3. The number of alkyl carbamates (subject to hydrolysis) is 1. The van der Waals surface area contributed by atoms with E-state index in [0.717, 1.165) is 22.5 Å². The lowest BCUT2D eigenvalue weighted by Crippen LogP contribution is -2.41. The van der Waals surface area contributed by atoms with Crippen LogP contribution >= 0.6 is 11.6 Å². The van der Waals surface area contributed by atoms with Gasteiger partial charge in [0.2, 0.25) is 0 Å². The Labute approximate surface area is 223 Å². The number of halogens is 1. The monoisotopic (exact) mass is 520 g/mol. The van der Waals surface area contributed by atoms with E-state index in [1.54, 1.807) is 4.90 Å². The van der Waals surface area contributed by atoms with E-state index < -0.39 is 11.7 Å². The topological polar surface area (TPSA) is 76.5 Å². The molecule has 1 unspecified atom stereocenters. The first-order valence-electron chi connectivity index (χ1n) is 12.4. The van der Waals surface area contributed by atoms with Crippen LogP contribution in [-0.2, 0) is 4.74 Å². The number of benzene rings is 2. The second kappa shape index (κ2) is 10.8. The quantitative estimate of drug-likeness (QED) is 0.415. The third kappa shape index (κ3) is 6.60. The van der Waals surface area contributed by atoms with Gasteiger partial charge in [-0.2, -0.15) is 5.10 Å². The molecule has 1 aliphatic rings. The van der Waals surface area contributed by atoms with Crippen molar-refractivity contribution >= 4 is 35.8 Å². The number of hydrogen-bond acceptors (Lipinski definition) is 4. The Morgan fingerprint density at radius 1 is 1.08 bits per heavy atom. The molecule has 0 radical (unpaired) electrons. The first-order chi connectivity index (χ1) is 17.5. The van der Waals surface area contributed by atoms with Crippen molar-refractivity contribution in [1.29, 1.82) is 0 Å². The highest BCUT2D eigenvalue weighted by Gasteiger charge is 2.32. The van der Waals surface area contributed by atoms with E-state index in [1.807, 2.05) is 100.0 Å². The maximum atomic E-state index is 13.5. The van der Waals surface area contributed by atoms with Crippen LogP contribution < -0.4 is 5.32 Å². The fourth-order valence-corrected chi connectivity index (χ4v) is 4.55. The number of aryl methyl sites for hydroxylation is 1. The Morgan fingerprint density at radius 3 is 2.49 bits per heavy atom. The van der Waals surface area contributed by atoms with Crippen LogP contribution in [0.5, 0.6) is 0 Å². The average molecular weight is 521 g/mol. The van der Waals surface area contributed by atoms with Gasteiger partial charge in [-0.1, -0.05) is 48.0 Å². The van der Waals surface area contributed by atoms with Gasteiger partial charge in [0.05, 0.1) is 28.7 Å². The minimum Gasteiger partial charge on any atom is -0.444 e. The summed E-state index contributed by atoms with van der Waals surface area (Å²) in [6, 6.07) is 15.5. The van der Waals surface area contributed by atoms with Crippen molar-refractivity contribution in [2.75, 3.05) is 13.1 Å². The normalized spacial score (nSPS) is 15.8. The second-order valence-electron chi connectivity index (χ2n) is 10.3. The number of aromatic nitrogens is 2. The Balaban J connectivity index is 1.48. The molecule has 0 bridgehead atoms. The molecule has 1 atom stereocenters. The molecule has 2 heterocycles. The predicted molar refractivity (Wildman–Crippen MR) is 147 cm³/mol. The van der Waals surface area contributed by atoms with Gasteiger partial charge in [0.1, 0.15) is 5.60 Å². The molecule has 194 valence electrons. The van der Waals surface area contributed by atoms with Gasteiger partial charge in [0, 0.05) is 18.1 Å². The first-order valence-corrected chi connectivity index (χ1v) is 12.8. The minimum atomic E-state index is -0.566. The molecule has 2 aromatic carbocycles. The van der Waals surface area contributed by atoms with E-state index in [9.17, 15) is 9.59 Å². The minimum absolute atomic E-state index is 0.0754. The summed E-state index contributed by atoms with van der Waals surface area (Å²) in [5.74, 6) is -0.0754. The largest absolute Gasteiger partial charge is 0.444 e. The fourth-order valence-electron chi connectivity index (χ4n) is 4.43. The standard InChI is InChI=1S/C29H33ClN4O3/c1-19-26(27(35)33-16-15-24(18-33)31-28(36)37-29(3,4)5)20(2)34(32-19)25-8-6-7-22(17-25)10-9-21-11-13-23(30)14-12-21/h6-14,17,24H,15-16,18H2,1-5H3,(H,31,36). The molecule has 1 fully saturated rings. The highest BCUT2D eigenvalue weighted by Crippen LogP contribution is 2.23. The number of rotatable bonds is 5. The van der Waals surface area contributed by atoms with E-state index in [0.29, 0.717) is 35.8 Å². The number of ether oxygens (including phenoxy) is 1. The number of amides is 2. The summed E-state index contributed by atoms with van der Waals surface area (Å²) in [5.41, 5.74) is 4.44. The summed E-state index contributed by atoms with van der Waals surface area (Å²) in [4.78, 5) is 27.4. The van der Waals surface area contributed by atoms with Gasteiger partial charge in [0.15, 0.2) is 0 Å². The summed E-state index contributed by atoms with van der Waals surface area (Å²) < 4.78 is 7.16. The van der Waals surface area contributed by atoms with Crippen molar-refractivity contribution in [2.45, 2.75) is 52.7 Å². The van der Waals surface area contributed by atoms with Crippen molar-refractivity contribution in [1.82, 2.24) is 20.0 Å². The molecule has 2 amide bonds. The van der Waals surface area contributed by atoms with Crippen LogP contribution in [0, 0.1) is 13.8 Å². The Hall–Kier alpha value is -3.58. The molecule has 8 heteroatoms. The lowest BCUT2D eigenvalue weighted by atomic mass is 10.1. The SMILES string of the molecule is Cc1nn(-c2cccc(C=Cc3ccc(Cl)cc3)c2)c(C)c1C(=O)N1CCC(NC(=O)OC(C)(C)C)C1. The molecule has 3 aromatic rings. The number of likely N-dealkylation sites (tertiary alicyclic amines) is 1. The maximum Gasteiger partial charge on any atom is 0.407 e. The van der Waals surface area contributed by atoms with Crippen LogP contribution in [0.2, 0.25) is 5.02 Å². The van der Waals surface area contributed by atoms with E-state index in [4.69, 9.17) is 21.4 Å². The molecule has 4 rings (SSSR count).